The maximum atomic E-state index is 13.4. The molecular weight excluding hydrogens is 437 g/mol. The van der Waals surface area contributed by atoms with E-state index in [1.807, 2.05) is 48.5 Å². The maximum Gasteiger partial charge on any atom is 0.319 e. The Morgan fingerprint density at radius 1 is 0.818 bits per heavy atom. The van der Waals surface area contributed by atoms with Crippen molar-refractivity contribution < 1.29 is 9.18 Å². The summed E-state index contributed by atoms with van der Waals surface area (Å²) in [6, 6.07) is 24.0. The largest absolute Gasteiger partial charge is 0.338 e. The Hall–Kier alpha value is -2.89. The van der Waals surface area contributed by atoms with Crippen LogP contribution < -0.4 is 10.6 Å². The van der Waals surface area contributed by atoms with Crippen LogP contribution in [0.1, 0.15) is 24.0 Å². The van der Waals surface area contributed by atoms with Crippen molar-refractivity contribution in [1.82, 2.24) is 10.2 Å². The number of carbonyl (C=O) groups excluding carboxylic acids is 1. The number of urea groups is 1. The van der Waals surface area contributed by atoms with E-state index >= 15 is 0 Å². The van der Waals surface area contributed by atoms with Crippen LogP contribution in [-0.4, -0.2) is 37.1 Å². The number of carbonyl (C=O) groups is 1. The van der Waals surface area contributed by atoms with Crippen molar-refractivity contribution in [2.75, 3.05) is 31.5 Å². The lowest BCUT2D eigenvalue weighted by molar-refractivity contribution is 0.248. The molecular formula is C27H31ClFN3O. The third-order valence-corrected chi connectivity index (χ3v) is 5.68. The first-order valence-electron chi connectivity index (χ1n) is 11.4. The van der Waals surface area contributed by atoms with Crippen LogP contribution in [0.25, 0.3) is 0 Å². The Morgan fingerprint density at radius 3 is 2.33 bits per heavy atom. The molecule has 0 bridgehead atoms. The lowest BCUT2D eigenvalue weighted by Crippen LogP contribution is -2.34. The van der Waals surface area contributed by atoms with Gasteiger partial charge in [-0.25, -0.2) is 9.18 Å². The van der Waals surface area contributed by atoms with Gasteiger partial charge in [0.2, 0.25) is 0 Å². The van der Waals surface area contributed by atoms with Gasteiger partial charge in [-0.05, 0) is 86.3 Å². The maximum absolute atomic E-state index is 13.4. The number of aryl methyl sites for hydroxylation is 1. The first-order valence-corrected chi connectivity index (χ1v) is 11.8. The third kappa shape index (κ3) is 9.64. The Balaban J connectivity index is 1.44. The number of amides is 2. The predicted octanol–water partition coefficient (Wildman–Crippen LogP) is 6.17. The van der Waals surface area contributed by atoms with Gasteiger partial charge >= 0.3 is 6.03 Å². The fourth-order valence-corrected chi connectivity index (χ4v) is 3.80. The van der Waals surface area contributed by atoms with Crippen molar-refractivity contribution in [3.05, 3.63) is 101 Å². The second kappa shape index (κ2) is 13.6. The van der Waals surface area contributed by atoms with Crippen LogP contribution in [0.2, 0.25) is 5.02 Å². The van der Waals surface area contributed by atoms with Crippen LogP contribution in [0.15, 0.2) is 78.9 Å². The molecule has 0 fully saturated rings. The van der Waals surface area contributed by atoms with Crippen molar-refractivity contribution in [1.29, 1.82) is 0 Å². The molecule has 0 aliphatic carbocycles. The highest BCUT2D eigenvalue weighted by Gasteiger charge is 2.07. The zero-order valence-corrected chi connectivity index (χ0v) is 19.5. The molecule has 0 atom stereocenters. The molecule has 0 radical (unpaired) electrons. The average molecular weight is 468 g/mol. The summed E-state index contributed by atoms with van der Waals surface area (Å²) >= 11 is 6.00. The topological polar surface area (TPSA) is 44.4 Å². The Bertz CT molecular complexity index is 982. The van der Waals surface area contributed by atoms with E-state index in [1.165, 1.54) is 11.6 Å². The molecule has 0 saturated heterocycles. The molecule has 0 unspecified atom stereocenters. The second-order valence-electron chi connectivity index (χ2n) is 8.05. The first-order chi connectivity index (χ1) is 16.1. The summed E-state index contributed by atoms with van der Waals surface area (Å²) in [6.45, 7) is 3.31. The fraction of sp³-hybridized carbons (Fsp3) is 0.296. The van der Waals surface area contributed by atoms with Gasteiger partial charge in [0.15, 0.2) is 0 Å². The SMILES string of the molecule is O=C(NCCCN(CCCc1cccc(F)c1)CCc1ccc(Cl)cc1)Nc1ccccc1. The molecule has 0 spiro atoms. The van der Waals surface area contributed by atoms with Crippen LogP contribution >= 0.6 is 11.6 Å². The lowest BCUT2D eigenvalue weighted by atomic mass is 10.1. The van der Waals surface area contributed by atoms with E-state index in [1.54, 1.807) is 12.1 Å². The van der Waals surface area contributed by atoms with Gasteiger partial charge < -0.3 is 15.5 Å². The molecule has 3 aromatic rings. The summed E-state index contributed by atoms with van der Waals surface area (Å²) in [7, 11) is 0. The second-order valence-corrected chi connectivity index (χ2v) is 8.49. The van der Waals surface area contributed by atoms with Gasteiger partial charge in [-0.15, -0.1) is 0 Å². The zero-order valence-electron chi connectivity index (χ0n) is 18.8. The van der Waals surface area contributed by atoms with E-state index in [-0.39, 0.29) is 11.8 Å². The van der Waals surface area contributed by atoms with Gasteiger partial charge in [0.05, 0.1) is 0 Å². The fourth-order valence-electron chi connectivity index (χ4n) is 3.67. The number of para-hydroxylation sites is 1. The Kier molecular flexibility index (Phi) is 10.2. The molecule has 33 heavy (non-hydrogen) atoms. The van der Waals surface area contributed by atoms with Crippen molar-refractivity contribution in [3.8, 4) is 0 Å². The molecule has 0 aliphatic heterocycles. The van der Waals surface area contributed by atoms with E-state index in [0.29, 0.717) is 6.54 Å². The van der Waals surface area contributed by atoms with Gasteiger partial charge in [0.1, 0.15) is 5.82 Å². The summed E-state index contributed by atoms with van der Waals surface area (Å²) < 4.78 is 13.4. The average Bonchev–Trinajstić information content (AvgIpc) is 2.81. The highest BCUT2D eigenvalue weighted by atomic mass is 35.5. The van der Waals surface area contributed by atoms with Gasteiger partial charge in [-0.2, -0.15) is 0 Å². The number of hydrogen-bond acceptors (Lipinski definition) is 2. The molecule has 0 aromatic heterocycles. The van der Waals surface area contributed by atoms with Crippen LogP contribution in [0.5, 0.6) is 0 Å². The van der Waals surface area contributed by atoms with Gasteiger partial charge in [0, 0.05) is 23.8 Å². The number of nitrogens with one attached hydrogen (secondary N) is 2. The van der Waals surface area contributed by atoms with Crippen LogP contribution in [0, 0.1) is 5.82 Å². The highest BCUT2D eigenvalue weighted by molar-refractivity contribution is 6.30. The van der Waals surface area contributed by atoms with E-state index in [2.05, 4.69) is 27.7 Å². The minimum absolute atomic E-state index is 0.188. The summed E-state index contributed by atoms with van der Waals surface area (Å²) in [5.41, 5.74) is 3.04. The molecule has 3 rings (SSSR count). The molecule has 3 aromatic carbocycles. The normalized spacial score (nSPS) is 10.9. The number of anilines is 1. The van der Waals surface area contributed by atoms with Gasteiger partial charge in [-0.3, -0.25) is 0 Å². The van der Waals surface area contributed by atoms with Crippen LogP contribution in [0.3, 0.4) is 0 Å². The minimum atomic E-state index is -0.194. The summed E-state index contributed by atoms with van der Waals surface area (Å²) in [5.74, 6) is -0.188. The summed E-state index contributed by atoms with van der Waals surface area (Å²) in [4.78, 5) is 14.5. The lowest BCUT2D eigenvalue weighted by Gasteiger charge is -2.22. The van der Waals surface area contributed by atoms with E-state index < -0.39 is 0 Å². The van der Waals surface area contributed by atoms with Gasteiger partial charge in [-0.1, -0.05) is 54.1 Å². The van der Waals surface area contributed by atoms with Crippen LogP contribution in [-0.2, 0) is 12.8 Å². The predicted molar refractivity (Wildman–Crippen MR) is 134 cm³/mol. The summed E-state index contributed by atoms with van der Waals surface area (Å²) in [5, 5.41) is 6.50. The van der Waals surface area contributed by atoms with Crippen LogP contribution in [0.4, 0.5) is 14.9 Å². The van der Waals surface area contributed by atoms with Crippen molar-refractivity contribution >= 4 is 23.3 Å². The number of halogens is 2. The highest BCUT2D eigenvalue weighted by Crippen LogP contribution is 2.12. The van der Waals surface area contributed by atoms with E-state index in [0.717, 1.165) is 61.6 Å². The molecule has 2 N–H and O–H groups in total. The monoisotopic (exact) mass is 467 g/mol. The van der Waals surface area contributed by atoms with E-state index in [9.17, 15) is 9.18 Å². The number of nitrogens with zero attached hydrogens (tertiary/aromatic N) is 1. The van der Waals surface area contributed by atoms with Crippen molar-refractivity contribution in [2.24, 2.45) is 0 Å². The number of benzene rings is 3. The number of rotatable bonds is 12. The van der Waals surface area contributed by atoms with E-state index in [4.69, 9.17) is 11.6 Å². The minimum Gasteiger partial charge on any atom is -0.338 e. The van der Waals surface area contributed by atoms with Gasteiger partial charge in [0.25, 0.3) is 0 Å². The number of hydrogen-bond donors (Lipinski definition) is 2. The summed E-state index contributed by atoms with van der Waals surface area (Å²) in [6.07, 6.45) is 3.57. The molecule has 174 valence electrons. The Morgan fingerprint density at radius 2 is 1.58 bits per heavy atom. The molecule has 0 saturated carbocycles. The molecule has 6 heteroatoms. The molecule has 2 amide bonds. The quantitative estimate of drug-likeness (QED) is 0.313. The zero-order chi connectivity index (χ0) is 23.3. The first kappa shape index (κ1) is 24.7. The van der Waals surface area contributed by atoms with Crippen molar-refractivity contribution in [2.45, 2.75) is 25.7 Å². The molecule has 4 nitrogen and oxygen atoms in total. The smallest absolute Gasteiger partial charge is 0.319 e. The third-order valence-electron chi connectivity index (χ3n) is 5.43. The molecule has 0 aliphatic rings. The standard InChI is InChI=1S/C27H31ClFN3O/c28-24-14-12-22(13-15-24)16-20-32(18-5-8-23-7-4-9-25(29)21-23)19-6-17-30-27(33)31-26-10-2-1-3-11-26/h1-4,7,9-15,21H,5-6,8,16-20H2,(H2,30,31,33). The van der Waals surface area contributed by atoms with Crippen molar-refractivity contribution in [3.63, 3.8) is 0 Å². The Labute approximate surface area is 200 Å². The molecule has 0 heterocycles.